The molecule has 1 atom stereocenters. The zero-order chi connectivity index (χ0) is 12.4. The molecule has 1 saturated carbocycles. The van der Waals surface area contributed by atoms with E-state index < -0.39 is 5.91 Å². The van der Waals surface area contributed by atoms with Gasteiger partial charge in [0, 0.05) is 12.1 Å². The molecule has 2 rings (SSSR count). The summed E-state index contributed by atoms with van der Waals surface area (Å²) in [6.07, 6.45) is 1.81. The molecule has 17 heavy (non-hydrogen) atoms. The monoisotopic (exact) mass is 235 g/mol. The van der Waals surface area contributed by atoms with Crippen LogP contribution in [0, 0.1) is 5.92 Å². The highest BCUT2D eigenvalue weighted by molar-refractivity contribution is 5.94. The van der Waals surface area contributed by atoms with Gasteiger partial charge in [0.2, 0.25) is 5.91 Å². The Balaban J connectivity index is 2.02. The van der Waals surface area contributed by atoms with Crippen LogP contribution in [0.15, 0.2) is 18.2 Å². The number of hydrogen-bond acceptors (Lipinski definition) is 4. The predicted molar refractivity (Wildman–Crippen MR) is 66.6 cm³/mol. The first-order chi connectivity index (χ1) is 8.08. The number of aliphatic hydroxyl groups is 1. The molecule has 1 aromatic rings. The second-order valence-electron chi connectivity index (χ2n) is 4.45. The second-order valence-corrected chi connectivity index (χ2v) is 4.45. The molecule has 0 aromatic heterocycles. The number of amides is 1. The van der Waals surface area contributed by atoms with Gasteiger partial charge in [0.15, 0.2) is 0 Å². The lowest BCUT2D eigenvalue weighted by Gasteiger charge is -2.14. The molecule has 0 heterocycles. The first kappa shape index (κ1) is 11.7. The first-order valence-electron chi connectivity index (χ1n) is 5.69. The molecule has 5 heteroatoms. The number of nitrogen functional groups attached to an aromatic ring is 1. The molecule has 1 fully saturated rings. The van der Waals surface area contributed by atoms with Crippen molar-refractivity contribution in [2.75, 3.05) is 17.6 Å². The summed E-state index contributed by atoms with van der Waals surface area (Å²) in [4.78, 5) is 11.0. The average Bonchev–Trinajstić information content (AvgIpc) is 3.11. The number of benzene rings is 1. The lowest BCUT2D eigenvalue weighted by atomic mass is 10.1. The predicted octanol–water partition coefficient (Wildman–Crippen LogP) is 0.550. The maximum Gasteiger partial charge on any atom is 0.248 e. The molecule has 1 aliphatic carbocycles. The van der Waals surface area contributed by atoms with Crippen LogP contribution in [0.4, 0.5) is 11.4 Å². The van der Waals surface area contributed by atoms with Crippen LogP contribution >= 0.6 is 0 Å². The van der Waals surface area contributed by atoms with E-state index in [0.29, 0.717) is 29.4 Å². The van der Waals surface area contributed by atoms with Crippen LogP contribution in [0.3, 0.4) is 0 Å². The number of carbonyl (C=O) groups is 1. The topological polar surface area (TPSA) is 101 Å². The van der Waals surface area contributed by atoms with Crippen LogP contribution in [0.25, 0.3) is 0 Å². The largest absolute Gasteiger partial charge is 0.397 e. The molecule has 0 saturated heterocycles. The van der Waals surface area contributed by atoms with Gasteiger partial charge in [-0.15, -0.1) is 0 Å². The molecule has 1 amide bonds. The number of primary amides is 1. The summed E-state index contributed by atoms with van der Waals surface area (Å²) >= 11 is 0. The maximum atomic E-state index is 11.0. The molecule has 1 aliphatic rings. The fourth-order valence-electron chi connectivity index (χ4n) is 1.72. The van der Waals surface area contributed by atoms with Crippen molar-refractivity contribution in [2.45, 2.75) is 18.9 Å². The number of rotatable bonds is 5. The second kappa shape index (κ2) is 4.63. The molecule has 1 aromatic carbocycles. The molecule has 0 bridgehead atoms. The van der Waals surface area contributed by atoms with Crippen molar-refractivity contribution in [2.24, 2.45) is 11.7 Å². The standard InChI is InChI=1S/C12H17N3O2/c13-9-4-3-8(12(14)17)5-10(9)15-6-11(16)7-1-2-7/h3-5,7,11,15-16H,1-2,6,13H2,(H2,14,17). The van der Waals surface area contributed by atoms with E-state index in [-0.39, 0.29) is 6.10 Å². The summed E-state index contributed by atoms with van der Waals surface area (Å²) in [6.45, 7) is 0.442. The highest BCUT2D eigenvalue weighted by atomic mass is 16.3. The zero-order valence-corrected chi connectivity index (χ0v) is 9.52. The number of nitrogens with one attached hydrogen (secondary N) is 1. The maximum absolute atomic E-state index is 11.0. The van der Waals surface area contributed by atoms with Crippen molar-refractivity contribution in [1.82, 2.24) is 0 Å². The minimum atomic E-state index is -0.490. The van der Waals surface area contributed by atoms with Gasteiger partial charge in [-0.2, -0.15) is 0 Å². The minimum absolute atomic E-state index is 0.355. The smallest absolute Gasteiger partial charge is 0.248 e. The molecule has 0 aliphatic heterocycles. The van der Waals surface area contributed by atoms with E-state index in [9.17, 15) is 9.90 Å². The normalized spacial score (nSPS) is 16.5. The summed E-state index contributed by atoms with van der Waals surface area (Å²) < 4.78 is 0. The van der Waals surface area contributed by atoms with Gasteiger partial charge in [0.1, 0.15) is 0 Å². The van der Waals surface area contributed by atoms with Crippen LogP contribution < -0.4 is 16.8 Å². The van der Waals surface area contributed by atoms with Crippen molar-refractivity contribution in [3.8, 4) is 0 Å². The molecule has 6 N–H and O–H groups in total. The van der Waals surface area contributed by atoms with Gasteiger partial charge < -0.3 is 21.9 Å². The van der Waals surface area contributed by atoms with Crippen LogP contribution in [0.2, 0.25) is 0 Å². The van der Waals surface area contributed by atoms with E-state index in [1.165, 1.54) is 0 Å². The van der Waals surface area contributed by atoms with Gasteiger partial charge in [-0.25, -0.2) is 0 Å². The Morgan fingerprint density at radius 2 is 2.24 bits per heavy atom. The first-order valence-corrected chi connectivity index (χ1v) is 5.69. The van der Waals surface area contributed by atoms with Crippen molar-refractivity contribution >= 4 is 17.3 Å². The van der Waals surface area contributed by atoms with E-state index in [4.69, 9.17) is 11.5 Å². The highest BCUT2D eigenvalue weighted by Gasteiger charge is 2.29. The third-order valence-corrected chi connectivity index (χ3v) is 3.01. The van der Waals surface area contributed by atoms with Gasteiger partial charge in [0.25, 0.3) is 0 Å². The van der Waals surface area contributed by atoms with E-state index >= 15 is 0 Å². The third-order valence-electron chi connectivity index (χ3n) is 3.01. The van der Waals surface area contributed by atoms with E-state index in [0.717, 1.165) is 12.8 Å². The Kier molecular flexibility index (Phi) is 3.19. The summed E-state index contributed by atoms with van der Waals surface area (Å²) in [6, 6.07) is 4.82. The number of nitrogens with two attached hydrogens (primary N) is 2. The molecule has 92 valence electrons. The summed E-state index contributed by atoms with van der Waals surface area (Å²) in [5.74, 6) is -0.0844. The van der Waals surface area contributed by atoms with Gasteiger partial charge in [-0.05, 0) is 37.0 Å². The van der Waals surface area contributed by atoms with Gasteiger partial charge >= 0.3 is 0 Å². The van der Waals surface area contributed by atoms with Gasteiger partial charge in [0.05, 0.1) is 17.5 Å². The van der Waals surface area contributed by atoms with E-state index in [1.54, 1.807) is 18.2 Å². The van der Waals surface area contributed by atoms with E-state index in [2.05, 4.69) is 5.32 Å². The van der Waals surface area contributed by atoms with Crippen LogP contribution in [-0.4, -0.2) is 23.7 Å². The Morgan fingerprint density at radius 3 is 2.82 bits per heavy atom. The van der Waals surface area contributed by atoms with Gasteiger partial charge in [-0.3, -0.25) is 4.79 Å². The van der Waals surface area contributed by atoms with Gasteiger partial charge in [-0.1, -0.05) is 0 Å². The highest BCUT2D eigenvalue weighted by Crippen LogP contribution is 2.32. The fraction of sp³-hybridized carbons (Fsp3) is 0.417. The SMILES string of the molecule is NC(=O)c1ccc(N)c(NCC(O)C2CC2)c1. The Morgan fingerprint density at radius 1 is 1.53 bits per heavy atom. The number of carbonyl (C=O) groups excluding carboxylic acids is 1. The summed E-state index contributed by atoms with van der Waals surface area (Å²) in [5, 5.41) is 12.8. The van der Waals surface area contributed by atoms with Crippen LogP contribution in [-0.2, 0) is 0 Å². The minimum Gasteiger partial charge on any atom is -0.397 e. The van der Waals surface area contributed by atoms with Crippen molar-refractivity contribution < 1.29 is 9.90 Å². The molecular weight excluding hydrogens is 218 g/mol. The number of aliphatic hydroxyl groups excluding tert-OH is 1. The van der Waals surface area contributed by atoms with E-state index in [1.807, 2.05) is 0 Å². The Bertz CT molecular complexity index is 430. The van der Waals surface area contributed by atoms with Crippen LogP contribution in [0.1, 0.15) is 23.2 Å². The Labute approximate surface area is 99.8 Å². The van der Waals surface area contributed by atoms with Crippen molar-refractivity contribution in [1.29, 1.82) is 0 Å². The fourth-order valence-corrected chi connectivity index (χ4v) is 1.72. The molecule has 1 unspecified atom stereocenters. The van der Waals surface area contributed by atoms with Crippen molar-refractivity contribution in [3.63, 3.8) is 0 Å². The zero-order valence-electron chi connectivity index (χ0n) is 9.52. The third kappa shape index (κ3) is 2.88. The number of hydrogen-bond donors (Lipinski definition) is 4. The average molecular weight is 235 g/mol. The lowest BCUT2D eigenvalue weighted by Crippen LogP contribution is -2.22. The number of anilines is 2. The molecule has 0 radical (unpaired) electrons. The summed E-state index contributed by atoms with van der Waals surface area (Å²) in [7, 11) is 0. The molecule has 5 nitrogen and oxygen atoms in total. The lowest BCUT2D eigenvalue weighted by molar-refractivity contribution is 0.100. The van der Waals surface area contributed by atoms with Crippen LogP contribution in [0.5, 0.6) is 0 Å². The van der Waals surface area contributed by atoms with Crippen molar-refractivity contribution in [3.05, 3.63) is 23.8 Å². The molecule has 0 spiro atoms. The molecular formula is C12H17N3O2. The quantitative estimate of drug-likeness (QED) is 0.560. The Hall–Kier alpha value is -1.75. The summed E-state index contributed by atoms with van der Waals surface area (Å²) in [5.41, 5.74) is 12.5.